The molecule has 0 N–H and O–H groups in total. The Hall–Kier alpha value is -0.100. The molecule has 1 aromatic rings. The van der Waals surface area contributed by atoms with Crippen LogP contribution in [0.15, 0.2) is 21.5 Å². The van der Waals surface area contributed by atoms with Crippen LogP contribution in [-0.4, -0.2) is 25.8 Å². The van der Waals surface area contributed by atoms with Crippen molar-refractivity contribution in [1.82, 2.24) is 4.31 Å². The lowest BCUT2D eigenvalue weighted by molar-refractivity contribution is 0.187. The second-order valence-corrected chi connectivity index (χ2v) is 9.47. The molecule has 0 saturated carbocycles. The normalized spacial score (nSPS) is 19.7. The molecule has 3 nitrogen and oxygen atoms in total. The third-order valence-electron chi connectivity index (χ3n) is 3.99. The van der Waals surface area contributed by atoms with Gasteiger partial charge in [-0.1, -0.05) is 29.8 Å². The summed E-state index contributed by atoms with van der Waals surface area (Å²) in [6, 6.07) is 3.57. The van der Waals surface area contributed by atoms with E-state index >= 15 is 0 Å². The van der Waals surface area contributed by atoms with Crippen LogP contribution in [-0.2, 0) is 15.9 Å². The molecule has 0 aliphatic carbocycles. The zero-order valence-electron chi connectivity index (χ0n) is 12.6. The molecule has 1 saturated heterocycles. The van der Waals surface area contributed by atoms with E-state index in [9.17, 15) is 8.42 Å². The van der Waals surface area contributed by atoms with Crippen LogP contribution in [0.3, 0.4) is 0 Å². The van der Waals surface area contributed by atoms with Gasteiger partial charge in [0.15, 0.2) is 0 Å². The standard InChI is InChI=1S/C15H21BrClNO2S/c1-11-13(16)7-12(9-17)8-14(11)21(19,20)18-6-4-5-15(2,3)10-18/h7-8H,4-6,9-10H2,1-3H3. The Morgan fingerprint density at radius 2 is 2.05 bits per heavy atom. The van der Waals surface area contributed by atoms with E-state index in [1.165, 1.54) is 0 Å². The summed E-state index contributed by atoms with van der Waals surface area (Å²) >= 11 is 9.31. The van der Waals surface area contributed by atoms with Crippen LogP contribution >= 0.6 is 27.5 Å². The van der Waals surface area contributed by atoms with Crippen LogP contribution in [0.5, 0.6) is 0 Å². The van der Waals surface area contributed by atoms with Crippen LogP contribution in [0.25, 0.3) is 0 Å². The minimum Gasteiger partial charge on any atom is -0.207 e. The Bertz CT molecular complexity index is 643. The van der Waals surface area contributed by atoms with E-state index in [1.54, 1.807) is 10.4 Å². The second-order valence-electron chi connectivity index (χ2n) is 6.44. The SMILES string of the molecule is Cc1c(Br)cc(CCl)cc1S(=O)(=O)N1CCCC(C)(C)C1. The first-order valence-electron chi connectivity index (χ1n) is 7.02. The summed E-state index contributed by atoms with van der Waals surface area (Å²) in [6.07, 6.45) is 1.96. The van der Waals surface area contributed by atoms with Gasteiger partial charge < -0.3 is 0 Å². The minimum atomic E-state index is -3.47. The zero-order valence-corrected chi connectivity index (χ0v) is 15.8. The summed E-state index contributed by atoms with van der Waals surface area (Å²) < 4.78 is 28.4. The van der Waals surface area contributed by atoms with Gasteiger partial charge in [-0.3, -0.25) is 0 Å². The van der Waals surface area contributed by atoms with Gasteiger partial charge in [0.25, 0.3) is 0 Å². The topological polar surface area (TPSA) is 37.4 Å². The average Bonchev–Trinajstić information content (AvgIpc) is 2.40. The van der Waals surface area contributed by atoms with Gasteiger partial charge in [-0.15, -0.1) is 11.6 Å². The first-order chi connectivity index (χ1) is 9.67. The van der Waals surface area contributed by atoms with Crippen LogP contribution in [0.4, 0.5) is 0 Å². The van der Waals surface area contributed by atoms with Gasteiger partial charge in [0.2, 0.25) is 10.0 Å². The summed E-state index contributed by atoms with van der Waals surface area (Å²) in [5.41, 5.74) is 1.58. The van der Waals surface area contributed by atoms with Gasteiger partial charge in [0.05, 0.1) is 4.90 Å². The molecule has 6 heteroatoms. The Kier molecular flexibility index (Phi) is 5.08. The third kappa shape index (κ3) is 3.63. The van der Waals surface area contributed by atoms with Gasteiger partial charge >= 0.3 is 0 Å². The van der Waals surface area contributed by atoms with Crippen molar-refractivity contribution in [2.45, 2.75) is 44.4 Å². The fraction of sp³-hybridized carbons (Fsp3) is 0.600. The fourth-order valence-corrected chi connectivity index (χ4v) is 5.52. The number of halogens is 2. The lowest BCUT2D eigenvalue weighted by Crippen LogP contribution is -2.43. The highest BCUT2D eigenvalue weighted by molar-refractivity contribution is 9.10. The molecule has 0 spiro atoms. The van der Waals surface area contributed by atoms with Gasteiger partial charge in [-0.2, -0.15) is 4.31 Å². The Morgan fingerprint density at radius 3 is 2.62 bits per heavy atom. The molecule has 0 unspecified atom stereocenters. The number of hydrogen-bond acceptors (Lipinski definition) is 2. The predicted molar refractivity (Wildman–Crippen MR) is 90.2 cm³/mol. The predicted octanol–water partition coefficient (Wildman–Crippen LogP) is 4.31. The van der Waals surface area contributed by atoms with Gasteiger partial charge in [-0.25, -0.2) is 8.42 Å². The molecule has 21 heavy (non-hydrogen) atoms. The highest BCUT2D eigenvalue weighted by Crippen LogP contribution is 2.34. The third-order valence-corrected chi connectivity index (χ3v) is 7.10. The summed E-state index contributed by atoms with van der Waals surface area (Å²) in [7, 11) is -3.47. The molecule has 0 amide bonds. The Balaban J connectivity index is 2.47. The highest BCUT2D eigenvalue weighted by Gasteiger charge is 2.35. The molecule has 1 fully saturated rings. The lowest BCUT2D eigenvalue weighted by Gasteiger charge is -2.37. The maximum absolute atomic E-state index is 13.0. The van der Waals surface area contributed by atoms with Crippen molar-refractivity contribution in [1.29, 1.82) is 0 Å². The van der Waals surface area contributed by atoms with Crippen LogP contribution in [0.2, 0.25) is 0 Å². The van der Waals surface area contributed by atoms with E-state index in [2.05, 4.69) is 29.8 Å². The van der Waals surface area contributed by atoms with E-state index in [-0.39, 0.29) is 5.41 Å². The number of benzene rings is 1. The first kappa shape index (κ1) is 17.3. The summed E-state index contributed by atoms with van der Waals surface area (Å²) in [4.78, 5) is 0.366. The Labute approximate surface area is 140 Å². The molecule has 0 radical (unpaired) electrons. The zero-order chi connectivity index (χ0) is 15.8. The van der Waals surface area contributed by atoms with Crippen LogP contribution in [0, 0.1) is 12.3 Å². The van der Waals surface area contributed by atoms with E-state index < -0.39 is 10.0 Å². The molecule has 1 heterocycles. The molecule has 1 aliphatic heterocycles. The van der Waals surface area contributed by atoms with Gasteiger partial charge in [0.1, 0.15) is 0 Å². The second kappa shape index (κ2) is 6.19. The molecule has 0 aromatic heterocycles. The fourth-order valence-electron chi connectivity index (χ4n) is 2.77. The number of hydrogen-bond donors (Lipinski definition) is 0. The van der Waals surface area contributed by atoms with Crippen molar-refractivity contribution in [3.63, 3.8) is 0 Å². The summed E-state index contributed by atoms with van der Waals surface area (Å²) in [5.74, 6) is 0.299. The van der Waals surface area contributed by atoms with Crippen molar-refractivity contribution < 1.29 is 8.42 Å². The molecule has 0 bridgehead atoms. The number of piperidine rings is 1. The number of nitrogens with zero attached hydrogens (tertiary/aromatic N) is 1. The van der Waals surface area contributed by atoms with Gasteiger partial charge in [0, 0.05) is 23.4 Å². The maximum atomic E-state index is 13.0. The largest absolute Gasteiger partial charge is 0.243 e. The highest BCUT2D eigenvalue weighted by atomic mass is 79.9. The molecular formula is C15H21BrClNO2S. The average molecular weight is 395 g/mol. The monoisotopic (exact) mass is 393 g/mol. The van der Waals surface area contributed by atoms with Gasteiger partial charge in [-0.05, 0) is 48.4 Å². The number of alkyl halides is 1. The molecule has 1 aliphatic rings. The van der Waals surface area contributed by atoms with Crippen molar-refractivity contribution in [2.75, 3.05) is 13.1 Å². The lowest BCUT2D eigenvalue weighted by atomic mass is 9.85. The summed E-state index contributed by atoms with van der Waals surface area (Å²) in [6.45, 7) is 7.22. The van der Waals surface area contributed by atoms with Crippen molar-refractivity contribution in [3.8, 4) is 0 Å². The van der Waals surface area contributed by atoms with E-state index in [0.717, 1.165) is 28.4 Å². The van der Waals surface area contributed by atoms with E-state index in [0.29, 0.717) is 23.9 Å². The van der Waals surface area contributed by atoms with E-state index in [1.807, 2.05) is 13.0 Å². The van der Waals surface area contributed by atoms with Crippen molar-refractivity contribution >= 4 is 37.6 Å². The van der Waals surface area contributed by atoms with Crippen LogP contribution in [0.1, 0.15) is 37.8 Å². The molecule has 118 valence electrons. The first-order valence-corrected chi connectivity index (χ1v) is 9.79. The maximum Gasteiger partial charge on any atom is 0.243 e. The smallest absolute Gasteiger partial charge is 0.207 e. The molecule has 0 atom stereocenters. The van der Waals surface area contributed by atoms with Crippen molar-refractivity contribution in [3.05, 3.63) is 27.7 Å². The number of rotatable bonds is 3. The Morgan fingerprint density at radius 1 is 1.38 bits per heavy atom. The molecule has 1 aromatic carbocycles. The van der Waals surface area contributed by atoms with Crippen LogP contribution < -0.4 is 0 Å². The van der Waals surface area contributed by atoms with E-state index in [4.69, 9.17) is 11.6 Å². The van der Waals surface area contributed by atoms with Crippen molar-refractivity contribution in [2.24, 2.45) is 5.41 Å². The quantitative estimate of drug-likeness (QED) is 0.716. The molecular weight excluding hydrogens is 374 g/mol. The molecule has 2 rings (SSSR count). The summed E-state index contributed by atoms with van der Waals surface area (Å²) in [5, 5.41) is 0. The number of sulfonamides is 1. The minimum absolute atomic E-state index is 0.0283.